The number of piperidine rings is 1. The third-order valence-electron chi connectivity index (χ3n) is 7.00. The van der Waals surface area contributed by atoms with Gasteiger partial charge in [0.05, 0.1) is 23.4 Å². The van der Waals surface area contributed by atoms with Crippen LogP contribution < -0.4 is 26.2 Å². The molecule has 2 heterocycles. The molecule has 2 fully saturated rings. The highest BCUT2D eigenvalue weighted by Gasteiger charge is 2.29. The molecule has 0 spiro atoms. The Hall–Kier alpha value is -3.09. The van der Waals surface area contributed by atoms with Gasteiger partial charge in [-0.2, -0.15) is 13.2 Å². The minimum Gasteiger partial charge on any atom is -0.367 e. The van der Waals surface area contributed by atoms with E-state index in [9.17, 15) is 27.2 Å². The number of halogens is 5. The average Bonchev–Trinajstić information content (AvgIpc) is 2.92. The van der Waals surface area contributed by atoms with E-state index >= 15 is 0 Å². The second kappa shape index (κ2) is 13.5. The second-order valence-electron chi connectivity index (χ2n) is 9.99. The molecular formula is C27H33ClF4N6O2. The fourth-order valence-corrected chi connectivity index (χ4v) is 4.97. The number of nitrogens with one attached hydrogen (secondary N) is 4. The number of amides is 3. The van der Waals surface area contributed by atoms with Crippen LogP contribution in [-0.2, 0) is 6.54 Å². The molecule has 0 aromatic heterocycles. The van der Waals surface area contributed by atoms with Crippen molar-refractivity contribution in [2.45, 2.75) is 38.0 Å². The predicted octanol–water partition coefficient (Wildman–Crippen LogP) is 4.36. The Morgan fingerprint density at radius 1 is 1.07 bits per heavy atom. The summed E-state index contributed by atoms with van der Waals surface area (Å²) in [5.74, 6) is -1.39. The molecule has 2 saturated heterocycles. The van der Waals surface area contributed by atoms with E-state index in [0.29, 0.717) is 54.7 Å². The van der Waals surface area contributed by atoms with E-state index in [1.54, 1.807) is 29.2 Å². The first-order valence-electron chi connectivity index (χ1n) is 13.3. The largest absolute Gasteiger partial charge is 0.390 e. The van der Waals surface area contributed by atoms with E-state index in [4.69, 9.17) is 11.6 Å². The zero-order valence-corrected chi connectivity index (χ0v) is 22.7. The molecule has 0 bridgehead atoms. The number of urea groups is 1. The standard InChI is InChI=1S/C27H33ClF4N6O2/c28-19-4-6-23(24(15-19)38-12-10-37(11-13-38)9-7-27(30,31)32)36-25(39)21-5-3-18(14-22(21)29)16-34-26(40)35-20-2-1-8-33-17-20/h3-6,14-15,20,33H,1-2,7-13,16-17H2,(H,36,39)(H2,34,35,40)/t20-/m0/s1. The lowest BCUT2D eigenvalue weighted by atomic mass is 10.1. The first kappa shape index (κ1) is 29.9. The normalized spacial score (nSPS) is 18.3. The number of carbonyl (C=O) groups is 2. The summed E-state index contributed by atoms with van der Waals surface area (Å²) in [4.78, 5) is 28.8. The van der Waals surface area contributed by atoms with Crippen LogP contribution in [-0.4, -0.2) is 74.9 Å². The van der Waals surface area contributed by atoms with Crippen LogP contribution in [0.2, 0.25) is 5.02 Å². The summed E-state index contributed by atoms with van der Waals surface area (Å²) in [5.41, 5.74) is 1.36. The summed E-state index contributed by atoms with van der Waals surface area (Å²) >= 11 is 6.20. The van der Waals surface area contributed by atoms with Crippen molar-refractivity contribution in [2.24, 2.45) is 0 Å². The molecule has 2 aromatic rings. The van der Waals surface area contributed by atoms with Crippen molar-refractivity contribution in [1.82, 2.24) is 20.9 Å². The number of benzene rings is 2. The van der Waals surface area contributed by atoms with Gasteiger partial charge in [0.25, 0.3) is 5.91 Å². The Bertz CT molecular complexity index is 1180. The number of anilines is 2. The van der Waals surface area contributed by atoms with E-state index in [-0.39, 0.29) is 30.7 Å². The molecule has 0 aliphatic carbocycles. The summed E-state index contributed by atoms with van der Waals surface area (Å²) in [7, 11) is 0. The Kier molecular flexibility index (Phi) is 10.1. The van der Waals surface area contributed by atoms with Crippen molar-refractivity contribution in [3.63, 3.8) is 0 Å². The number of carbonyl (C=O) groups excluding carboxylic acids is 2. The van der Waals surface area contributed by atoms with E-state index in [0.717, 1.165) is 19.4 Å². The molecule has 0 radical (unpaired) electrons. The van der Waals surface area contributed by atoms with Gasteiger partial charge < -0.3 is 26.2 Å². The fourth-order valence-electron chi connectivity index (χ4n) is 4.81. The van der Waals surface area contributed by atoms with Gasteiger partial charge in [0.15, 0.2) is 0 Å². The minimum atomic E-state index is -4.20. The fraction of sp³-hybridized carbons (Fsp3) is 0.481. The van der Waals surface area contributed by atoms with Crippen LogP contribution in [0.5, 0.6) is 0 Å². The van der Waals surface area contributed by atoms with Crippen LogP contribution in [0.3, 0.4) is 0 Å². The Balaban J connectivity index is 1.34. The number of alkyl halides is 3. The number of rotatable bonds is 8. The van der Waals surface area contributed by atoms with Gasteiger partial charge >= 0.3 is 12.2 Å². The van der Waals surface area contributed by atoms with Crippen LogP contribution in [0.15, 0.2) is 36.4 Å². The third kappa shape index (κ3) is 8.70. The lowest BCUT2D eigenvalue weighted by Crippen LogP contribution is -2.48. The summed E-state index contributed by atoms with van der Waals surface area (Å²) in [6.45, 7) is 3.42. The molecule has 4 rings (SSSR count). The van der Waals surface area contributed by atoms with E-state index in [1.165, 1.54) is 12.1 Å². The van der Waals surface area contributed by atoms with Crippen molar-refractivity contribution in [2.75, 3.05) is 56.0 Å². The van der Waals surface area contributed by atoms with Gasteiger partial charge in [0, 0.05) is 56.9 Å². The average molecular weight is 585 g/mol. The highest BCUT2D eigenvalue weighted by atomic mass is 35.5. The molecule has 3 amide bonds. The zero-order valence-electron chi connectivity index (χ0n) is 21.9. The highest BCUT2D eigenvalue weighted by Crippen LogP contribution is 2.31. The van der Waals surface area contributed by atoms with Gasteiger partial charge in [-0.15, -0.1) is 0 Å². The van der Waals surface area contributed by atoms with E-state index in [1.807, 2.05) is 4.90 Å². The monoisotopic (exact) mass is 584 g/mol. The van der Waals surface area contributed by atoms with E-state index in [2.05, 4.69) is 21.3 Å². The highest BCUT2D eigenvalue weighted by molar-refractivity contribution is 6.31. The predicted molar refractivity (Wildman–Crippen MR) is 146 cm³/mol. The molecule has 1 atom stereocenters. The smallest absolute Gasteiger partial charge is 0.367 e. The van der Waals surface area contributed by atoms with E-state index < -0.39 is 24.3 Å². The van der Waals surface area contributed by atoms with Gasteiger partial charge in [0.2, 0.25) is 0 Å². The van der Waals surface area contributed by atoms with Crippen molar-refractivity contribution in [3.05, 3.63) is 58.4 Å². The Labute approximate surface area is 235 Å². The van der Waals surface area contributed by atoms with Gasteiger partial charge in [-0.3, -0.25) is 9.69 Å². The number of piperazine rings is 1. The molecular weight excluding hydrogens is 552 g/mol. The number of hydrogen-bond donors (Lipinski definition) is 4. The van der Waals surface area contributed by atoms with Crippen LogP contribution in [0.4, 0.5) is 33.7 Å². The number of nitrogens with zero attached hydrogens (tertiary/aromatic N) is 2. The summed E-state index contributed by atoms with van der Waals surface area (Å²) in [6, 6.07) is 8.73. The molecule has 2 aliphatic rings. The van der Waals surface area contributed by atoms with Crippen LogP contribution in [0.25, 0.3) is 0 Å². The first-order valence-corrected chi connectivity index (χ1v) is 13.6. The topological polar surface area (TPSA) is 88.7 Å². The molecule has 2 aromatic carbocycles. The minimum absolute atomic E-state index is 0.0487. The first-order chi connectivity index (χ1) is 19.1. The molecule has 13 heteroatoms. The van der Waals surface area contributed by atoms with Crippen molar-refractivity contribution < 1.29 is 27.2 Å². The maximum atomic E-state index is 14.9. The molecule has 0 saturated carbocycles. The molecule has 8 nitrogen and oxygen atoms in total. The third-order valence-corrected chi connectivity index (χ3v) is 7.23. The van der Waals surface area contributed by atoms with Crippen LogP contribution in [0.1, 0.15) is 35.2 Å². The van der Waals surface area contributed by atoms with Crippen molar-refractivity contribution in [3.8, 4) is 0 Å². The summed E-state index contributed by atoms with van der Waals surface area (Å²) in [5, 5.41) is 12.0. The quantitative estimate of drug-likeness (QED) is 0.347. The van der Waals surface area contributed by atoms with Crippen LogP contribution in [0, 0.1) is 5.82 Å². The van der Waals surface area contributed by atoms with Gasteiger partial charge in [-0.25, -0.2) is 9.18 Å². The van der Waals surface area contributed by atoms with Crippen LogP contribution >= 0.6 is 11.6 Å². The zero-order chi connectivity index (χ0) is 28.7. The molecule has 218 valence electrons. The van der Waals surface area contributed by atoms with Gasteiger partial charge in [0.1, 0.15) is 5.82 Å². The Morgan fingerprint density at radius 2 is 1.85 bits per heavy atom. The van der Waals surface area contributed by atoms with Gasteiger partial charge in [-0.05, 0) is 55.3 Å². The molecule has 4 N–H and O–H groups in total. The lowest BCUT2D eigenvalue weighted by molar-refractivity contribution is -0.138. The summed E-state index contributed by atoms with van der Waals surface area (Å²) in [6.07, 6.45) is -3.19. The van der Waals surface area contributed by atoms with Crippen molar-refractivity contribution >= 4 is 34.9 Å². The van der Waals surface area contributed by atoms with Gasteiger partial charge in [-0.1, -0.05) is 17.7 Å². The maximum Gasteiger partial charge on any atom is 0.390 e. The SMILES string of the molecule is O=C(NCc1ccc(C(=O)Nc2ccc(Cl)cc2N2CCN(CCC(F)(F)F)CC2)c(F)c1)N[C@H]1CCCNC1. The molecule has 0 unspecified atom stereocenters. The van der Waals surface area contributed by atoms with Crippen molar-refractivity contribution in [1.29, 1.82) is 0 Å². The molecule has 2 aliphatic heterocycles. The lowest BCUT2D eigenvalue weighted by Gasteiger charge is -2.37. The number of hydrogen-bond acceptors (Lipinski definition) is 5. The second-order valence-corrected chi connectivity index (χ2v) is 10.4. The summed E-state index contributed by atoms with van der Waals surface area (Å²) < 4.78 is 52.6. The Morgan fingerprint density at radius 3 is 2.52 bits per heavy atom. The molecule has 40 heavy (non-hydrogen) atoms. The maximum absolute atomic E-state index is 14.9.